The number of likely N-dealkylation sites (N-methyl/N-ethyl adjacent to an activating group) is 1. The lowest BCUT2D eigenvalue weighted by atomic mass is 10.2. The Morgan fingerprint density at radius 2 is 2.08 bits per heavy atom. The van der Waals surface area contributed by atoms with Crippen molar-refractivity contribution < 1.29 is 14.1 Å². The first kappa shape index (κ1) is 16.3. The zero-order valence-corrected chi connectivity index (χ0v) is 14.2. The van der Waals surface area contributed by atoms with E-state index in [0.717, 1.165) is 44.0 Å². The third-order valence-corrected chi connectivity index (χ3v) is 4.46. The minimum Gasteiger partial charge on any atom is -0.484 e. The number of ether oxygens (including phenoxy) is 1. The van der Waals surface area contributed by atoms with Gasteiger partial charge in [-0.15, -0.1) is 0 Å². The maximum absolute atomic E-state index is 9.34. The Morgan fingerprint density at radius 3 is 2.75 bits per heavy atom. The summed E-state index contributed by atoms with van der Waals surface area (Å²) in [5.41, 5.74) is 1.40. The van der Waals surface area contributed by atoms with Crippen LogP contribution in [0.2, 0.25) is 0 Å². The number of nitrogens with zero attached hydrogens (tertiary/aromatic N) is 3. The van der Waals surface area contributed by atoms with Crippen molar-refractivity contribution >= 4 is 5.88 Å². The highest BCUT2D eigenvalue weighted by Gasteiger charge is 2.25. The lowest BCUT2D eigenvalue weighted by Crippen LogP contribution is -3.14. The first-order chi connectivity index (χ1) is 11.7. The van der Waals surface area contributed by atoms with E-state index >= 15 is 0 Å². The van der Waals surface area contributed by atoms with Crippen molar-refractivity contribution in [2.75, 3.05) is 37.6 Å². The number of para-hydroxylation sites is 1. The fourth-order valence-electron chi connectivity index (χ4n) is 2.94. The summed E-state index contributed by atoms with van der Waals surface area (Å²) < 4.78 is 11.6. The number of hydrogen-bond donors (Lipinski definition) is 1. The minimum absolute atomic E-state index is 0.222. The smallest absolute Gasteiger partial charge is 0.236 e. The zero-order valence-electron chi connectivity index (χ0n) is 14.2. The molecule has 0 atom stereocenters. The van der Waals surface area contributed by atoms with Crippen molar-refractivity contribution in [3.8, 4) is 11.8 Å². The molecule has 1 N–H and O–H groups in total. The van der Waals surface area contributed by atoms with Gasteiger partial charge < -0.3 is 19.0 Å². The van der Waals surface area contributed by atoms with Crippen LogP contribution in [0, 0.1) is 18.3 Å². The number of anilines is 1. The lowest BCUT2D eigenvalue weighted by molar-refractivity contribution is -0.898. The predicted molar refractivity (Wildman–Crippen MR) is 90.2 cm³/mol. The fourth-order valence-corrected chi connectivity index (χ4v) is 2.94. The third-order valence-electron chi connectivity index (χ3n) is 4.46. The quantitative estimate of drug-likeness (QED) is 0.893. The van der Waals surface area contributed by atoms with E-state index in [2.05, 4.69) is 22.9 Å². The summed E-state index contributed by atoms with van der Waals surface area (Å²) in [4.78, 5) is 7.98. The van der Waals surface area contributed by atoms with Crippen molar-refractivity contribution in [1.82, 2.24) is 4.98 Å². The summed E-state index contributed by atoms with van der Waals surface area (Å²) in [6.45, 7) is 9.41. The minimum atomic E-state index is 0.222. The molecule has 2 heterocycles. The molecule has 0 bridgehead atoms. The lowest BCUT2D eigenvalue weighted by Gasteiger charge is -2.31. The molecule has 24 heavy (non-hydrogen) atoms. The molecule has 0 amide bonds. The second-order valence-electron chi connectivity index (χ2n) is 6.02. The molecular formula is C18H23N4O2+. The Labute approximate surface area is 142 Å². The second-order valence-corrected chi connectivity index (χ2v) is 6.02. The monoisotopic (exact) mass is 327 g/mol. The molecule has 2 aromatic rings. The molecule has 6 nitrogen and oxygen atoms in total. The summed E-state index contributed by atoms with van der Waals surface area (Å²) in [5, 5.41) is 9.34. The van der Waals surface area contributed by atoms with Gasteiger partial charge in [-0.25, -0.2) is 0 Å². The highest BCUT2D eigenvalue weighted by atomic mass is 16.5. The summed E-state index contributed by atoms with van der Waals surface area (Å²) in [6, 6.07) is 9.95. The Balaban J connectivity index is 1.69. The maximum Gasteiger partial charge on any atom is 0.236 e. The van der Waals surface area contributed by atoms with E-state index in [1.807, 2.05) is 31.2 Å². The molecule has 1 fully saturated rings. The Bertz CT molecular complexity index is 727. The molecular weight excluding hydrogens is 304 g/mol. The van der Waals surface area contributed by atoms with Crippen LogP contribution in [0.5, 0.6) is 5.75 Å². The normalized spacial score (nSPS) is 15.3. The molecule has 1 aliphatic heterocycles. The first-order valence-corrected chi connectivity index (χ1v) is 8.38. The molecule has 0 unspecified atom stereocenters. The van der Waals surface area contributed by atoms with Crippen molar-refractivity contribution in [1.29, 1.82) is 5.26 Å². The van der Waals surface area contributed by atoms with Gasteiger partial charge in [-0.1, -0.05) is 18.2 Å². The Hall–Kier alpha value is -2.52. The average molecular weight is 327 g/mol. The predicted octanol–water partition coefficient (Wildman–Crippen LogP) is 1.16. The second kappa shape index (κ2) is 7.37. The van der Waals surface area contributed by atoms with Crippen LogP contribution in [0.4, 0.5) is 5.88 Å². The van der Waals surface area contributed by atoms with Crippen LogP contribution in [-0.2, 0) is 6.61 Å². The van der Waals surface area contributed by atoms with Crippen LogP contribution in [0.15, 0.2) is 28.7 Å². The highest BCUT2D eigenvalue weighted by Crippen LogP contribution is 2.23. The van der Waals surface area contributed by atoms with E-state index in [1.165, 1.54) is 0 Å². The maximum atomic E-state index is 9.34. The van der Waals surface area contributed by atoms with Gasteiger partial charge in [0.2, 0.25) is 17.5 Å². The van der Waals surface area contributed by atoms with E-state index in [1.54, 1.807) is 4.90 Å². The van der Waals surface area contributed by atoms with Gasteiger partial charge in [0.15, 0.2) is 6.61 Å². The average Bonchev–Trinajstić information content (AvgIpc) is 3.04. The molecule has 0 spiro atoms. The number of piperazine rings is 1. The van der Waals surface area contributed by atoms with E-state index in [9.17, 15) is 5.26 Å². The van der Waals surface area contributed by atoms with Gasteiger partial charge >= 0.3 is 0 Å². The first-order valence-electron chi connectivity index (χ1n) is 8.38. The summed E-state index contributed by atoms with van der Waals surface area (Å²) in [5.74, 6) is 1.82. The molecule has 1 aromatic carbocycles. The zero-order chi connectivity index (χ0) is 16.9. The molecule has 0 radical (unpaired) electrons. The van der Waals surface area contributed by atoms with Gasteiger partial charge in [0, 0.05) is 0 Å². The SMILES string of the molecule is CC[NH+]1CCN(c2oc(COc3ccccc3C)nc2C#N)CC1. The molecule has 3 rings (SSSR count). The molecule has 0 saturated carbocycles. The standard InChI is InChI=1S/C18H22N4O2/c1-3-21-8-10-22(11-9-21)18-15(12-19)20-17(24-18)13-23-16-7-5-4-6-14(16)2/h4-7H,3,8-11,13H2,1-2H3/p+1. The number of nitriles is 1. The van der Waals surface area contributed by atoms with Gasteiger partial charge in [0.05, 0.1) is 32.7 Å². The van der Waals surface area contributed by atoms with Crippen LogP contribution < -0.4 is 14.5 Å². The van der Waals surface area contributed by atoms with Gasteiger partial charge in [0.25, 0.3) is 0 Å². The Kier molecular flexibility index (Phi) is 5.02. The summed E-state index contributed by atoms with van der Waals surface area (Å²) in [6.07, 6.45) is 0. The van der Waals surface area contributed by atoms with Gasteiger partial charge in [-0.3, -0.25) is 0 Å². The number of oxazole rings is 1. The van der Waals surface area contributed by atoms with E-state index < -0.39 is 0 Å². The van der Waals surface area contributed by atoms with E-state index in [0.29, 0.717) is 17.5 Å². The van der Waals surface area contributed by atoms with Gasteiger partial charge in [-0.05, 0) is 25.5 Å². The number of nitrogens with one attached hydrogen (secondary N) is 1. The number of aromatic nitrogens is 1. The molecule has 0 aliphatic carbocycles. The van der Waals surface area contributed by atoms with E-state index in [4.69, 9.17) is 9.15 Å². The number of aryl methyl sites for hydroxylation is 1. The number of hydrogen-bond acceptors (Lipinski definition) is 5. The summed E-state index contributed by atoms with van der Waals surface area (Å²) >= 11 is 0. The van der Waals surface area contributed by atoms with Gasteiger partial charge in [0.1, 0.15) is 11.8 Å². The fraction of sp³-hybridized carbons (Fsp3) is 0.444. The molecule has 126 valence electrons. The van der Waals surface area contributed by atoms with Crippen LogP contribution >= 0.6 is 0 Å². The van der Waals surface area contributed by atoms with Crippen molar-refractivity contribution in [2.45, 2.75) is 20.5 Å². The number of benzene rings is 1. The topological polar surface area (TPSA) is 66.7 Å². The molecule has 6 heteroatoms. The van der Waals surface area contributed by atoms with Gasteiger partial charge in [-0.2, -0.15) is 10.2 Å². The Morgan fingerprint density at radius 1 is 1.33 bits per heavy atom. The van der Waals surface area contributed by atoms with E-state index in [-0.39, 0.29) is 6.61 Å². The number of quaternary nitrogens is 1. The van der Waals surface area contributed by atoms with Crippen LogP contribution in [0.1, 0.15) is 24.1 Å². The largest absolute Gasteiger partial charge is 0.484 e. The van der Waals surface area contributed by atoms with Crippen molar-refractivity contribution in [3.05, 3.63) is 41.4 Å². The van der Waals surface area contributed by atoms with Crippen molar-refractivity contribution in [2.24, 2.45) is 0 Å². The molecule has 1 aromatic heterocycles. The summed E-state index contributed by atoms with van der Waals surface area (Å²) in [7, 11) is 0. The highest BCUT2D eigenvalue weighted by molar-refractivity contribution is 5.48. The third kappa shape index (κ3) is 3.52. The number of rotatable bonds is 5. The van der Waals surface area contributed by atoms with Crippen LogP contribution in [0.25, 0.3) is 0 Å². The van der Waals surface area contributed by atoms with Crippen molar-refractivity contribution in [3.63, 3.8) is 0 Å². The van der Waals surface area contributed by atoms with Crippen LogP contribution in [0.3, 0.4) is 0 Å². The van der Waals surface area contributed by atoms with Crippen LogP contribution in [-0.4, -0.2) is 37.7 Å². The molecule has 1 aliphatic rings. The molecule has 1 saturated heterocycles.